The number of rotatable bonds is 6. The number of likely N-dealkylation sites (tertiary alicyclic amines) is 1. The molecule has 1 saturated heterocycles. The maximum atomic E-state index is 11.9. The van der Waals surface area contributed by atoms with Crippen LogP contribution in [0.3, 0.4) is 0 Å². The van der Waals surface area contributed by atoms with Crippen LogP contribution in [-0.2, 0) is 4.79 Å². The Morgan fingerprint density at radius 2 is 2.10 bits per heavy atom. The van der Waals surface area contributed by atoms with Crippen molar-refractivity contribution in [1.29, 1.82) is 0 Å². The summed E-state index contributed by atoms with van der Waals surface area (Å²) in [5, 5.41) is 0. The SMILES string of the molecule is CC(C)C(=O)N1CCC(CCCC(=O)c2ncco2)CC1. The van der Waals surface area contributed by atoms with Crippen LogP contribution < -0.4 is 0 Å². The number of hydrogen-bond acceptors (Lipinski definition) is 4. The number of hydrogen-bond donors (Lipinski definition) is 0. The van der Waals surface area contributed by atoms with Gasteiger partial charge in [0, 0.05) is 25.4 Å². The monoisotopic (exact) mass is 292 g/mol. The first-order chi connectivity index (χ1) is 10.1. The molecule has 1 fully saturated rings. The number of amides is 1. The zero-order chi connectivity index (χ0) is 15.2. The summed E-state index contributed by atoms with van der Waals surface area (Å²) in [5.41, 5.74) is 0. The first-order valence-electron chi connectivity index (χ1n) is 7.79. The first-order valence-corrected chi connectivity index (χ1v) is 7.79. The van der Waals surface area contributed by atoms with E-state index in [1.54, 1.807) is 0 Å². The second-order valence-corrected chi connectivity index (χ2v) is 6.08. The number of Topliss-reactive ketones (excluding diaryl/α,β-unsaturated/α-hetero) is 1. The van der Waals surface area contributed by atoms with Crippen LogP contribution in [0.15, 0.2) is 16.9 Å². The molecule has 116 valence electrons. The highest BCUT2D eigenvalue weighted by Gasteiger charge is 2.24. The van der Waals surface area contributed by atoms with Crippen LogP contribution in [0.1, 0.15) is 56.6 Å². The van der Waals surface area contributed by atoms with Crippen molar-refractivity contribution in [3.8, 4) is 0 Å². The molecule has 1 aromatic heterocycles. The van der Waals surface area contributed by atoms with Gasteiger partial charge >= 0.3 is 0 Å². The van der Waals surface area contributed by atoms with Gasteiger partial charge in [-0.2, -0.15) is 0 Å². The van der Waals surface area contributed by atoms with E-state index in [-0.39, 0.29) is 23.5 Å². The van der Waals surface area contributed by atoms with E-state index in [1.807, 2.05) is 18.7 Å². The summed E-state index contributed by atoms with van der Waals surface area (Å²) < 4.78 is 5.00. The molecule has 0 radical (unpaired) electrons. The van der Waals surface area contributed by atoms with Crippen molar-refractivity contribution in [2.24, 2.45) is 11.8 Å². The number of piperidine rings is 1. The minimum absolute atomic E-state index is 0.0209. The predicted octanol–water partition coefficient (Wildman–Crippen LogP) is 2.92. The van der Waals surface area contributed by atoms with Gasteiger partial charge < -0.3 is 9.32 Å². The lowest BCUT2D eigenvalue weighted by molar-refractivity contribution is -0.135. The second-order valence-electron chi connectivity index (χ2n) is 6.08. The number of carbonyl (C=O) groups excluding carboxylic acids is 2. The van der Waals surface area contributed by atoms with Crippen molar-refractivity contribution < 1.29 is 14.0 Å². The van der Waals surface area contributed by atoms with E-state index in [0.717, 1.165) is 38.8 Å². The van der Waals surface area contributed by atoms with Crippen LogP contribution in [0, 0.1) is 11.8 Å². The minimum Gasteiger partial charge on any atom is -0.442 e. The first kappa shape index (κ1) is 15.7. The largest absolute Gasteiger partial charge is 0.442 e. The topological polar surface area (TPSA) is 63.4 Å². The van der Waals surface area contributed by atoms with Gasteiger partial charge in [-0.1, -0.05) is 13.8 Å². The average Bonchev–Trinajstić information content (AvgIpc) is 3.01. The molecule has 0 spiro atoms. The fourth-order valence-electron chi connectivity index (χ4n) is 2.83. The molecule has 1 aliphatic heterocycles. The molecule has 0 atom stereocenters. The van der Waals surface area contributed by atoms with Crippen LogP contribution in [0.25, 0.3) is 0 Å². The Morgan fingerprint density at radius 1 is 1.38 bits per heavy atom. The Balaban J connectivity index is 1.65. The predicted molar refractivity (Wildman–Crippen MR) is 78.8 cm³/mol. The summed E-state index contributed by atoms with van der Waals surface area (Å²) >= 11 is 0. The summed E-state index contributed by atoms with van der Waals surface area (Å²) in [6, 6.07) is 0. The summed E-state index contributed by atoms with van der Waals surface area (Å²) in [6.07, 6.45) is 7.41. The van der Waals surface area contributed by atoms with E-state index in [1.165, 1.54) is 12.5 Å². The van der Waals surface area contributed by atoms with Gasteiger partial charge in [-0.25, -0.2) is 4.98 Å². The molecular weight excluding hydrogens is 268 g/mol. The van der Waals surface area contributed by atoms with Crippen molar-refractivity contribution in [2.45, 2.75) is 46.0 Å². The van der Waals surface area contributed by atoms with Gasteiger partial charge in [-0.3, -0.25) is 9.59 Å². The maximum Gasteiger partial charge on any atom is 0.263 e. The summed E-state index contributed by atoms with van der Waals surface area (Å²) in [4.78, 5) is 29.5. The number of ketones is 1. The third-order valence-electron chi connectivity index (χ3n) is 4.11. The molecular formula is C16H24N2O3. The third-order valence-corrected chi connectivity index (χ3v) is 4.11. The fourth-order valence-corrected chi connectivity index (χ4v) is 2.83. The van der Waals surface area contributed by atoms with E-state index >= 15 is 0 Å². The average molecular weight is 292 g/mol. The molecule has 0 bridgehead atoms. The van der Waals surface area contributed by atoms with Crippen LogP contribution in [-0.4, -0.2) is 34.7 Å². The van der Waals surface area contributed by atoms with Crippen molar-refractivity contribution in [3.05, 3.63) is 18.4 Å². The fraction of sp³-hybridized carbons (Fsp3) is 0.688. The Bertz CT molecular complexity index is 460. The number of oxazole rings is 1. The molecule has 1 aliphatic rings. The minimum atomic E-state index is -0.0209. The highest BCUT2D eigenvalue weighted by Crippen LogP contribution is 2.23. The second kappa shape index (κ2) is 7.38. The highest BCUT2D eigenvalue weighted by atomic mass is 16.3. The third kappa shape index (κ3) is 4.41. The molecule has 2 rings (SSSR count). The normalized spacial score (nSPS) is 16.4. The molecule has 0 aliphatic carbocycles. The summed E-state index contributed by atoms with van der Waals surface area (Å²) in [7, 11) is 0. The molecule has 0 aromatic carbocycles. The van der Waals surface area contributed by atoms with Crippen molar-refractivity contribution in [1.82, 2.24) is 9.88 Å². The molecule has 21 heavy (non-hydrogen) atoms. The van der Waals surface area contributed by atoms with Crippen LogP contribution in [0.2, 0.25) is 0 Å². The molecule has 1 amide bonds. The summed E-state index contributed by atoms with van der Waals surface area (Å²) in [6.45, 7) is 5.61. The Hall–Kier alpha value is -1.65. The van der Waals surface area contributed by atoms with Gasteiger partial charge in [-0.15, -0.1) is 0 Å². The zero-order valence-corrected chi connectivity index (χ0v) is 12.9. The van der Waals surface area contributed by atoms with Gasteiger partial charge in [0.1, 0.15) is 6.26 Å². The van der Waals surface area contributed by atoms with Gasteiger partial charge in [-0.05, 0) is 31.6 Å². The van der Waals surface area contributed by atoms with E-state index in [0.29, 0.717) is 12.3 Å². The van der Waals surface area contributed by atoms with Crippen LogP contribution in [0.4, 0.5) is 0 Å². The van der Waals surface area contributed by atoms with Gasteiger partial charge in [0.15, 0.2) is 0 Å². The van der Waals surface area contributed by atoms with Crippen LogP contribution in [0.5, 0.6) is 0 Å². The molecule has 2 heterocycles. The number of aromatic nitrogens is 1. The lowest BCUT2D eigenvalue weighted by atomic mass is 9.90. The standard InChI is InChI=1S/C16H24N2O3/c1-12(2)16(20)18-9-6-13(7-10-18)4-3-5-14(19)15-17-8-11-21-15/h8,11-13H,3-7,9-10H2,1-2H3. The van der Waals surface area contributed by atoms with E-state index in [9.17, 15) is 9.59 Å². The zero-order valence-electron chi connectivity index (χ0n) is 12.9. The van der Waals surface area contributed by atoms with Crippen molar-refractivity contribution >= 4 is 11.7 Å². The Kier molecular flexibility index (Phi) is 5.53. The molecule has 1 aromatic rings. The Morgan fingerprint density at radius 3 is 2.67 bits per heavy atom. The quantitative estimate of drug-likeness (QED) is 0.756. The van der Waals surface area contributed by atoms with Gasteiger partial charge in [0.2, 0.25) is 11.7 Å². The smallest absolute Gasteiger partial charge is 0.263 e. The summed E-state index contributed by atoms with van der Waals surface area (Å²) in [5.74, 6) is 1.16. The van der Waals surface area contributed by atoms with Gasteiger partial charge in [0.05, 0.1) is 6.20 Å². The van der Waals surface area contributed by atoms with Crippen LogP contribution >= 0.6 is 0 Å². The van der Waals surface area contributed by atoms with Crippen molar-refractivity contribution in [3.63, 3.8) is 0 Å². The van der Waals surface area contributed by atoms with E-state index < -0.39 is 0 Å². The molecule has 5 nitrogen and oxygen atoms in total. The van der Waals surface area contributed by atoms with E-state index in [2.05, 4.69) is 4.98 Å². The van der Waals surface area contributed by atoms with E-state index in [4.69, 9.17) is 4.42 Å². The lowest BCUT2D eigenvalue weighted by Crippen LogP contribution is -2.40. The number of nitrogens with zero attached hydrogens (tertiary/aromatic N) is 2. The molecule has 0 saturated carbocycles. The molecule has 0 N–H and O–H groups in total. The Labute approximate surface area is 125 Å². The van der Waals surface area contributed by atoms with Gasteiger partial charge in [0.25, 0.3) is 5.89 Å². The maximum absolute atomic E-state index is 11.9. The molecule has 5 heteroatoms. The van der Waals surface area contributed by atoms with Crippen molar-refractivity contribution in [2.75, 3.05) is 13.1 Å². The highest BCUT2D eigenvalue weighted by molar-refractivity contribution is 5.91. The molecule has 0 unspecified atom stereocenters. The number of carbonyl (C=O) groups is 2. The lowest BCUT2D eigenvalue weighted by Gasteiger charge is -2.33.